The summed E-state index contributed by atoms with van der Waals surface area (Å²) in [6.45, 7) is 1.23. The summed E-state index contributed by atoms with van der Waals surface area (Å²) in [7, 11) is 0. The van der Waals surface area contributed by atoms with Crippen molar-refractivity contribution in [3.63, 3.8) is 0 Å². The summed E-state index contributed by atoms with van der Waals surface area (Å²) in [5.41, 5.74) is 0.886. The zero-order chi connectivity index (χ0) is 16.4. The zero-order valence-corrected chi connectivity index (χ0v) is 13.8. The van der Waals surface area contributed by atoms with Crippen LogP contribution in [0.25, 0.3) is 11.1 Å². The molecule has 0 radical (unpaired) electrons. The molecule has 0 spiro atoms. The zero-order valence-electron chi connectivity index (χ0n) is 13.0. The lowest BCUT2D eigenvalue weighted by atomic mass is 10.0. The molecule has 1 fully saturated rings. The van der Waals surface area contributed by atoms with E-state index in [1.165, 1.54) is 22.8 Å². The molecule has 23 heavy (non-hydrogen) atoms. The fourth-order valence-electron chi connectivity index (χ4n) is 3.07. The van der Waals surface area contributed by atoms with Crippen molar-refractivity contribution >= 4 is 28.8 Å². The van der Waals surface area contributed by atoms with Gasteiger partial charge in [-0.15, -0.1) is 0 Å². The van der Waals surface area contributed by atoms with Crippen LogP contribution >= 0.6 is 11.8 Å². The number of nitrogens with zero attached hydrogens (tertiary/aromatic N) is 2. The molecule has 1 amide bonds. The van der Waals surface area contributed by atoms with Crippen LogP contribution in [-0.4, -0.2) is 40.5 Å². The van der Waals surface area contributed by atoms with Gasteiger partial charge in [-0.2, -0.15) is 11.8 Å². The quantitative estimate of drug-likeness (QED) is 0.860. The first kappa shape index (κ1) is 16.1. The molecular weight excluding hydrogens is 319 g/mol. The van der Waals surface area contributed by atoms with Gasteiger partial charge < -0.3 is 9.32 Å². The van der Waals surface area contributed by atoms with E-state index < -0.39 is 11.6 Å². The molecular formula is C16H19FN2O3S. The molecule has 0 unspecified atom stereocenters. The van der Waals surface area contributed by atoms with Crippen LogP contribution in [0.4, 0.5) is 4.39 Å². The number of rotatable bonds is 4. The maximum Gasteiger partial charge on any atom is 0.420 e. The summed E-state index contributed by atoms with van der Waals surface area (Å²) >= 11 is 1.66. The molecule has 1 aromatic carbocycles. The first-order chi connectivity index (χ1) is 11.1. The summed E-state index contributed by atoms with van der Waals surface area (Å²) in [6.07, 6.45) is 3.88. The number of hydrogen-bond acceptors (Lipinski definition) is 4. The Morgan fingerprint density at radius 2 is 2.13 bits per heavy atom. The highest BCUT2D eigenvalue weighted by Crippen LogP contribution is 2.26. The Balaban J connectivity index is 1.75. The highest BCUT2D eigenvalue weighted by Gasteiger charge is 2.26. The van der Waals surface area contributed by atoms with Crippen molar-refractivity contribution in [2.75, 3.05) is 25.1 Å². The first-order valence-corrected chi connectivity index (χ1v) is 9.07. The number of amides is 1. The van der Waals surface area contributed by atoms with Crippen LogP contribution in [0.15, 0.2) is 27.4 Å². The number of fused-ring (bicyclic) bond motifs is 1. The number of aromatic nitrogens is 1. The maximum absolute atomic E-state index is 13.5. The van der Waals surface area contributed by atoms with Gasteiger partial charge in [-0.3, -0.25) is 9.36 Å². The van der Waals surface area contributed by atoms with Crippen molar-refractivity contribution in [2.24, 2.45) is 0 Å². The molecule has 7 heteroatoms. The second kappa shape index (κ2) is 6.78. The van der Waals surface area contributed by atoms with E-state index in [0.717, 1.165) is 5.75 Å². The Morgan fingerprint density at radius 1 is 1.39 bits per heavy atom. The lowest BCUT2D eigenvalue weighted by Crippen LogP contribution is -2.40. The molecule has 0 N–H and O–H groups in total. The molecule has 5 nitrogen and oxygen atoms in total. The fourth-order valence-corrected chi connectivity index (χ4v) is 3.45. The molecule has 2 heterocycles. The van der Waals surface area contributed by atoms with Crippen molar-refractivity contribution < 1.29 is 13.6 Å². The average molecular weight is 338 g/mol. The highest BCUT2D eigenvalue weighted by atomic mass is 32.2. The van der Waals surface area contributed by atoms with E-state index in [-0.39, 0.29) is 11.9 Å². The van der Waals surface area contributed by atoms with Crippen LogP contribution in [0.5, 0.6) is 0 Å². The SMILES string of the molecule is CSCCC(=O)N1CCC(n2c(=O)oc3ccc(F)cc32)CC1. The average Bonchev–Trinajstić information content (AvgIpc) is 2.88. The van der Waals surface area contributed by atoms with E-state index in [2.05, 4.69) is 0 Å². The van der Waals surface area contributed by atoms with Crippen molar-refractivity contribution in [3.05, 3.63) is 34.6 Å². The Kier molecular flexibility index (Phi) is 4.75. The smallest absolute Gasteiger partial charge is 0.408 e. The van der Waals surface area contributed by atoms with Gasteiger partial charge in [0.15, 0.2) is 5.58 Å². The summed E-state index contributed by atoms with van der Waals surface area (Å²) in [4.78, 5) is 26.0. The summed E-state index contributed by atoms with van der Waals surface area (Å²) in [5.74, 6) is 0.131. The molecule has 1 saturated heterocycles. The monoisotopic (exact) mass is 338 g/mol. The van der Waals surface area contributed by atoms with Gasteiger partial charge in [0.2, 0.25) is 5.91 Å². The van der Waals surface area contributed by atoms with Crippen LogP contribution < -0.4 is 5.76 Å². The second-order valence-corrected chi connectivity index (χ2v) is 6.69. The largest absolute Gasteiger partial charge is 0.420 e. The van der Waals surface area contributed by atoms with Gasteiger partial charge in [-0.1, -0.05) is 0 Å². The number of carbonyl (C=O) groups excluding carboxylic acids is 1. The predicted molar refractivity (Wildman–Crippen MR) is 88.3 cm³/mol. The van der Waals surface area contributed by atoms with Gasteiger partial charge in [-0.25, -0.2) is 9.18 Å². The summed E-state index contributed by atoms with van der Waals surface area (Å²) in [5, 5.41) is 0. The van der Waals surface area contributed by atoms with E-state index >= 15 is 0 Å². The number of carbonyl (C=O) groups is 1. The van der Waals surface area contributed by atoms with Gasteiger partial charge in [0.25, 0.3) is 0 Å². The molecule has 1 aromatic heterocycles. The Bertz CT molecular complexity index is 762. The third-order valence-corrected chi connectivity index (χ3v) is 4.89. The minimum atomic E-state index is -0.460. The molecule has 0 saturated carbocycles. The topological polar surface area (TPSA) is 55.5 Å². The Hall–Kier alpha value is -1.76. The number of hydrogen-bond donors (Lipinski definition) is 0. The van der Waals surface area contributed by atoms with E-state index in [1.807, 2.05) is 11.2 Å². The van der Waals surface area contributed by atoms with Crippen LogP contribution in [0, 0.1) is 5.82 Å². The van der Waals surface area contributed by atoms with Gasteiger partial charge in [-0.05, 0) is 31.2 Å². The number of oxazole rings is 1. The highest BCUT2D eigenvalue weighted by molar-refractivity contribution is 7.98. The van der Waals surface area contributed by atoms with Crippen LogP contribution in [0.3, 0.4) is 0 Å². The van der Waals surface area contributed by atoms with E-state index in [1.54, 1.807) is 11.8 Å². The minimum absolute atomic E-state index is 0.0600. The van der Waals surface area contributed by atoms with Gasteiger partial charge >= 0.3 is 5.76 Å². The molecule has 1 aliphatic rings. The molecule has 2 aromatic rings. The van der Waals surface area contributed by atoms with Gasteiger partial charge in [0.1, 0.15) is 5.82 Å². The third kappa shape index (κ3) is 3.29. The number of benzene rings is 1. The lowest BCUT2D eigenvalue weighted by molar-refractivity contribution is -0.132. The van der Waals surface area contributed by atoms with Crippen LogP contribution in [0.2, 0.25) is 0 Å². The van der Waals surface area contributed by atoms with Crippen molar-refractivity contribution in [3.8, 4) is 0 Å². The molecule has 0 atom stereocenters. The fraction of sp³-hybridized carbons (Fsp3) is 0.500. The van der Waals surface area contributed by atoms with Gasteiger partial charge in [0, 0.05) is 37.4 Å². The number of halogens is 1. The molecule has 3 rings (SSSR count). The predicted octanol–water partition coefficient (Wildman–Crippen LogP) is 2.65. The molecule has 124 valence electrons. The van der Waals surface area contributed by atoms with E-state index in [9.17, 15) is 14.0 Å². The summed E-state index contributed by atoms with van der Waals surface area (Å²) < 4.78 is 20.2. The van der Waals surface area contributed by atoms with Gasteiger partial charge in [0.05, 0.1) is 5.52 Å². The normalized spacial score (nSPS) is 16.2. The standard InChI is InChI=1S/C16H19FN2O3S/c1-23-9-6-15(20)18-7-4-12(5-8-18)19-13-10-11(17)2-3-14(13)22-16(19)21/h2-3,10,12H,4-9H2,1H3. The third-order valence-electron chi connectivity index (χ3n) is 4.28. The Labute approximate surface area is 137 Å². The molecule has 0 bridgehead atoms. The number of piperidine rings is 1. The number of thioether (sulfide) groups is 1. The van der Waals surface area contributed by atoms with E-state index in [4.69, 9.17) is 4.42 Å². The first-order valence-electron chi connectivity index (χ1n) is 7.67. The van der Waals surface area contributed by atoms with E-state index in [0.29, 0.717) is 43.5 Å². The minimum Gasteiger partial charge on any atom is -0.408 e. The number of likely N-dealkylation sites (tertiary alicyclic amines) is 1. The summed E-state index contributed by atoms with van der Waals surface area (Å²) in [6, 6.07) is 4.03. The van der Waals surface area contributed by atoms with Crippen LogP contribution in [-0.2, 0) is 4.79 Å². The van der Waals surface area contributed by atoms with Crippen molar-refractivity contribution in [1.29, 1.82) is 0 Å². The van der Waals surface area contributed by atoms with Crippen molar-refractivity contribution in [1.82, 2.24) is 9.47 Å². The van der Waals surface area contributed by atoms with Crippen LogP contribution in [0.1, 0.15) is 25.3 Å². The maximum atomic E-state index is 13.5. The Morgan fingerprint density at radius 3 is 2.83 bits per heavy atom. The lowest BCUT2D eigenvalue weighted by Gasteiger charge is -2.32. The molecule has 1 aliphatic heterocycles. The molecule has 0 aliphatic carbocycles. The second-order valence-electron chi connectivity index (χ2n) is 5.70. The van der Waals surface area contributed by atoms with Crippen molar-refractivity contribution in [2.45, 2.75) is 25.3 Å².